The number of fused-ring (bicyclic) bond motifs is 1. The average molecular weight is 431 g/mol. The number of halogens is 1. The third-order valence-corrected chi connectivity index (χ3v) is 6.65. The van der Waals surface area contributed by atoms with Gasteiger partial charge in [0.15, 0.2) is 0 Å². The number of rotatable bonds is 5. The van der Waals surface area contributed by atoms with Crippen molar-refractivity contribution in [2.75, 3.05) is 36.0 Å². The fourth-order valence-electron chi connectivity index (χ4n) is 4.00. The molecule has 2 heterocycles. The lowest BCUT2D eigenvalue weighted by Crippen LogP contribution is -2.46. The zero-order valence-corrected chi connectivity index (χ0v) is 17.9. The average Bonchev–Trinajstić information content (AvgIpc) is 2.83. The number of hydrogen-bond acceptors (Lipinski definition) is 5. The molecule has 5 rings (SSSR count). The summed E-state index contributed by atoms with van der Waals surface area (Å²) in [6.07, 6.45) is 1.66. The Morgan fingerprint density at radius 3 is 2.39 bits per heavy atom. The maximum absolute atomic E-state index is 13.2. The third kappa shape index (κ3) is 4.49. The zero-order chi connectivity index (χ0) is 21.0. The number of benzene rings is 3. The van der Waals surface area contributed by atoms with Gasteiger partial charge in [-0.3, -0.25) is 0 Å². The summed E-state index contributed by atoms with van der Waals surface area (Å²) >= 11 is 1.74. The van der Waals surface area contributed by atoms with Gasteiger partial charge in [-0.1, -0.05) is 42.5 Å². The summed E-state index contributed by atoms with van der Waals surface area (Å²) in [6.45, 7) is 3.52. The monoisotopic (exact) mass is 430 g/mol. The van der Waals surface area contributed by atoms with Gasteiger partial charge in [-0.05, 0) is 40.6 Å². The Hall–Kier alpha value is -3.12. The molecular weight excluding hydrogens is 407 g/mol. The number of thioether (sulfide) groups is 1. The van der Waals surface area contributed by atoms with Crippen LogP contribution in [0.5, 0.6) is 0 Å². The second kappa shape index (κ2) is 8.94. The SMILES string of the molecule is Fc1ccc(N2CCN(c3cc(SCc4cccc5ccccc45)ncn3)CC2)cc1. The molecule has 1 aromatic heterocycles. The van der Waals surface area contributed by atoms with Gasteiger partial charge in [-0.15, -0.1) is 11.8 Å². The van der Waals surface area contributed by atoms with Gasteiger partial charge < -0.3 is 9.80 Å². The predicted molar refractivity (Wildman–Crippen MR) is 126 cm³/mol. The van der Waals surface area contributed by atoms with E-state index < -0.39 is 0 Å². The van der Waals surface area contributed by atoms with Crippen molar-refractivity contribution in [3.63, 3.8) is 0 Å². The smallest absolute Gasteiger partial charge is 0.133 e. The summed E-state index contributed by atoms with van der Waals surface area (Å²) in [5, 5.41) is 3.55. The molecule has 0 aliphatic carbocycles. The summed E-state index contributed by atoms with van der Waals surface area (Å²) in [5.74, 6) is 1.64. The molecule has 0 radical (unpaired) electrons. The molecule has 31 heavy (non-hydrogen) atoms. The summed E-state index contributed by atoms with van der Waals surface area (Å²) < 4.78 is 13.2. The van der Waals surface area contributed by atoms with E-state index in [0.29, 0.717) is 0 Å². The summed E-state index contributed by atoms with van der Waals surface area (Å²) in [5.41, 5.74) is 2.38. The first kappa shape index (κ1) is 19.8. The largest absolute Gasteiger partial charge is 0.368 e. The second-order valence-corrected chi connectivity index (χ2v) is 8.59. The van der Waals surface area contributed by atoms with Crippen molar-refractivity contribution < 1.29 is 4.39 Å². The summed E-state index contributed by atoms with van der Waals surface area (Å²) in [4.78, 5) is 13.6. The number of hydrogen-bond donors (Lipinski definition) is 0. The summed E-state index contributed by atoms with van der Waals surface area (Å²) in [7, 11) is 0. The van der Waals surface area contributed by atoms with E-state index in [2.05, 4.69) is 68.3 Å². The zero-order valence-electron chi connectivity index (χ0n) is 17.1. The van der Waals surface area contributed by atoms with Crippen molar-refractivity contribution in [3.05, 3.63) is 90.5 Å². The molecule has 156 valence electrons. The first-order valence-electron chi connectivity index (χ1n) is 10.4. The van der Waals surface area contributed by atoms with Crippen LogP contribution in [0.15, 0.2) is 84.1 Å². The molecule has 1 aliphatic heterocycles. The maximum atomic E-state index is 13.2. The second-order valence-electron chi connectivity index (χ2n) is 7.59. The highest BCUT2D eigenvalue weighted by molar-refractivity contribution is 7.98. The van der Waals surface area contributed by atoms with Crippen LogP contribution in [0.1, 0.15) is 5.56 Å². The van der Waals surface area contributed by atoms with Crippen LogP contribution in [0.3, 0.4) is 0 Å². The van der Waals surface area contributed by atoms with Gasteiger partial charge in [0, 0.05) is 43.7 Å². The van der Waals surface area contributed by atoms with Crippen LogP contribution in [0, 0.1) is 5.82 Å². The van der Waals surface area contributed by atoms with E-state index in [1.54, 1.807) is 18.1 Å². The predicted octanol–water partition coefficient (Wildman–Crippen LogP) is 5.39. The molecule has 0 amide bonds. The van der Waals surface area contributed by atoms with E-state index in [9.17, 15) is 4.39 Å². The van der Waals surface area contributed by atoms with Crippen molar-refractivity contribution in [3.8, 4) is 0 Å². The van der Waals surface area contributed by atoms with Gasteiger partial charge in [-0.25, -0.2) is 14.4 Å². The number of aromatic nitrogens is 2. The van der Waals surface area contributed by atoms with Crippen LogP contribution in [-0.4, -0.2) is 36.1 Å². The fraction of sp³-hybridized carbons (Fsp3) is 0.200. The van der Waals surface area contributed by atoms with Gasteiger partial charge >= 0.3 is 0 Å². The Labute approximate surface area is 185 Å². The molecule has 0 unspecified atom stereocenters. The van der Waals surface area contributed by atoms with Gasteiger partial charge in [0.2, 0.25) is 0 Å². The lowest BCUT2D eigenvalue weighted by Gasteiger charge is -2.36. The maximum Gasteiger partial charge on any atom is 0.133 e. The Balaban J connectivity index is 1.24. The molecule has 6 heteroatoms. The van der Waals surface area contributed by atoms with E-state index in [1.807, 2.05) is 12.1 Å². The van der Waals surface area contributed by atoms with Crippen LogP contribution in [0.4, 0.5) is 15.9 Å². The van der Waals surface area contributed by atoms with Crippen molar-refractivity contribution in [1.29, 1.82) is 0 Å². The van der Waals surface area contributed by atoms with E-state index in [0.717, 1.165) is 48.5 Å². The van der Waals surface area contributed by atoms with Gasteiger partial charge in [-0.2, -0.15) is 0 Å². The molecule has 0 spiro atoms. The first-order chi connectivity index (χ1) is 15.3. The molecule has 1 saturated heterocycles. The van der Waals surface area contributed by atoms with Crippen LogP contribution < -0.4 is 9.80 Å². The van der Waals surface area contributed by atoms with E-state index in [1.165, 1.54) is 28.5 Å². The standard InChI is InChI=1S/C25H23FN4S/c26-21-8-10-22(11-9-21)29-12-14-30(15-13-29)24-16-25(28-18-27-24)31-17-20-6-3-5-19-4-1-2-7-23(19)20/h1-11,16,18H,12-15,17H2. The normalized spacial score (nSPS) is 14.2. The molecule has 0 atom stereocenters. The topological polar surface area (TPSA) is 32.3 Å². The van der Waals surface area contributed by atoms with Crippen LogP contribution in [0.25, 0.3) is 10.8 Å². The lowest BCUT2D eigenvalue weighted by molar-refractivity contribution is 0.624. The number of nitrogens with zero attached hydrogens (tertiary/aromatic N) is 4. The highest BCUT2D eigenvalue weighted by Gasteiger charge is 2.19. The van der Waals surface area contributed by atoms with Crippen molar-refractivity contribution >= 4 is 34.0 Å². The van der Waals surface area contributed by atoms with Gasteiger partial charge in [0.1, 0.15) is 23.0 Å². The molecule has 3 aromatic carbocycles. The van der Waals surface area contributed by atoms with Gasteiger partial charge in [0.25, 0.3) is 0 Å². The Kier molecular flexibility index (Phi) is 5.71. The molecule has 1 fully saturated rings. The Morgan fingerprint density at radius 1 is 0.806 bits per heavy atom. The molecule has 4 aromatic rings. The molecule has 0 N–H and O–H groups in total. The minimum absolute atomic E-state index is 0.197. The highest BCUT2D eigenvalue weighted by atomic mass is 32.2. The molecule has 0 saturated carbocycles. The van der Waals surface area contributed by atoms with E-state index in [-0.39, 0.29) is 5.82 Å². The highest BCUT2D eigenvalue weighted by Crippen LogP contribution is 2.28. The minimum Gasteiger partial charge on any atom is -0.368 e. The lowest BCUT2D eigenvalue weighted by atomic mass is 10.1. The van der Waals surface area contributed by atoms with Crippen LogP contribution in [0.2, 0.25) is 0 Å². The van der Waals surface area contributed by atoms with Crippen LogP contribution in [-0.2, 0) is 5.75 Å². The molecule has 4 nitrogen and oxygen atoms in total. The number of piperazine rings is 1. The van der Waals surface area contributed by atoms with Crippen molar-refractivity contribution in [2.24, 2.45) is 0 Å². The van der Waals surface area contributed by atoms with Crippen molar-refractivity contribution in [2.45, 2.75) is 10.8 Å². The quantitative estimate of drug-likeness (QED) is 0.313. The Bertz CT molecular complexity index is 1170. The van der Waals surface area contributed by atoms with Crippen LogP contribution >= 0.6 is 11.8 Å². The minimum atomic E-state index is -0.197. The third-order valence-electron chi connectivity index (χ3n) is 5.68. The molecule has 0 bridgehead atoms. The Morgan fingerprint density at radius 2 is 1.55 bits per heavy atom. The fourth-order valence-corrected chi connectivity index (χ4v) is 4.86. The summed E-state index contributed by atoms with van der Waals surface area (Å²) in [6, 6.07) is 23.8. The van der Waals surface area contributed by atoms with Gasteiger partial charge in [0.05, 0.1) is 0 Å². The van der Waals surface area contributed by atoms with E-state index >= 15 is 0 Å². The van der Waals surface area contributed by atoms with Crippen molar-refractivity contribution in [1.82, 2.24) is 9.97 Å². The molecule has 1 aliphatic rings. The first-order valence-corrected chi connectivity index (χ1v) is 11.4. The van der Waals surface area contributed by atoms with E-state index in [4.69, 9.17) is 0 Å². The number of anilines is 2. The molecular formula is C25H23FN4S.